The third-order valence-electron chi connectivity index (χ3n) is 2.99. The van der Waals surface area contributed by atoms with E-state index < -0.39 is 0 Å². The highest BCUT2D eigenvalue weighted by atomic mass is 16.7. The number of aliphatic hydroxyl groups excluding tert-OH is 1. The van der Waals surface area contributed by atoms with Gasteiger partial charge in [-0.3, -0.25) is 0 Å². The van der Waals surface area contributed by atoms with Crippen molar-refractivity contribution >= 4 is 0 Å². The minimum atomic E-state index is 0.0629. The fourth-order valence-corrected chi connectivity index (χ4v) is 2.02. The molecule has 0 atom stereocenters. The van der Waals surface area contributed by atoms with Gasteiger partial charge in [-0.05, 0) is 17.7 Å². The van der Waals surface area contributed by atoms with E-state index in [2.05, 4.69) is 15.6 Å². The normalized spacial score (nSPS) is 12.8. The molecule has 1 aliphatic heterocycles. The molecule has 3 rings (SSSR count). The lowest BCUT2D eigenvalue weighted by atomic mass is 10.2. The number of hydrogen-bond donors (Lipinski definition) is 2. The van der Waals surface area contributed by atoms with Crippen LogP contribution in [-0.2, 0) is 19.6 Å². The van der Waals surface area contributed by atoms with Crippen LogP contribution >= 0.6 is 0 Å². The second kappa shape index (κ2) is 5.89. The van der Waals surface area contributed by atoms with Crippen LogP contribution in [0.25, 0.3) is 0 Å². The summed E-state index contributed by atoms with van der Waals surface area (Å²) >= 11 is 0. The summed E-state index contributed by atoms with van der Waals surface area (Å²) in [5.41, 5.74) is 1.97. The third kappa shape index (κ3) is 2.89. The van der Waals surface area contributed by atoms with Crippen molar-refractivity contribution in [2.24, 2.45) is 0 Å². The van der Waals surface area contributed by atoms with E-state index in [1.54, 1.807) is 4.68 Å². The fraction of sp³-hybridized carbons (Fsp3) is 0.385. The fourth-order valence-electron chi connectivity index (χ4n) is 2.02. The van der Waals surface area contributed by atoms with Gasteiger partial charge >= 0.3 is 0 Å². The van der Waals surface area contributed by atoms with Crippen LogP contribution in [0, 0.1) is 0 Å². The van der Waals surface area contributed by atoms with Crippen LogP contribution in [0.1, 0.15) is 11.3 Å². The van der Waals surface area contributed by atoms with E-state index in [0.29, 0.717) is 26.4 Å². The van der Waals surface area contributed by atoms with E-state index in [0.717, 1.165) is 22.8 Å². The maximum Gasteiger partial charge on any atom is 0.231 e. The summed E-state index contributed by atoms with van der Waals surface area (Å²) in [4.78, 5) is 0. The quantitative estimate of drug-likeness (QED) is 0.789. The van der Waals surface area contributed by atoms with Crippen molar-refractivity contribution < 1.29 is 14.6 Å². The van der Waals surface area contributed by atoms with Gasteiger partial charge in [-0.2, -0.15) is 0 Å². The zero-order chi connectivity index (χ0) is 13.8. The molecule has 0 bridgehead atoms. The SMILES string of the molecule is OCCn1cc(CNCc2ccc3c(c2)OCO3)nn1. The van der Waals surface area contributed by atoms with Gasteiger partial charge in [0, 0.05) is 19.3 Å². The molecule has 0 unspecified atom stereocenters. The number of aliphatic hydroxyl groups is 1. The maximum absolute atomic E-state index is 8.80. The molecule has 1 aliphatic rings. The van der Waals surface area contributed by atoms with Gasteiger partial charge in [0.1, 0.15) is 0 Å². The molecule has 106 valence electrons. The topological polar surface area (TPSA) is 81.4 Å². The molecule has 0 aliphatic carbocycles. The predicted molar refractivity (Wildman–Crippen MR) is 70.2 cm³/mol. The third-order valence-corrected chi connectivity index (χ3v) is 2.99. The van der Waals surface area contributed by atoms with Crippen LogP contribution in [0.2, 0.25) is 0 Å². The zero-order valence-corrected chi connectivity index (χ0v) is 11.0. The van der Waals surface area contributed by atoms with Crippen molar-refractivity contribution in [1.29, 1.82) is 0 Å². The number of hydrogen-bond acceptors (Lipinski definition) is 6. The zero-order valence-electron chi connectivity index (χ0n) is 11.0. The van der Waals surface area contributed by atoms with Crippen molar-refractivity contribution in [3.63, 3.8) is 0 Å². The van der Waals surface area contributed by atoms with E-state index >= 15 is 0 Å². The van der Waals surface area contributed by atoms with Gasteiger partial charge in [-0.15, -0.1) is 5.10 Å². The lowest BCUT2D eigenvalue weighted by Crippen LogP contribution is -2.12. The van der Waals surface area contributed by atoms with Gasteiger partial charge in [0.15, 0.2) is 11.5 Å². The molecule has 0 fully saturated rings. The Kier molecular flexibility index (Phi) is 3.80. The number of nitrogens with one attached hydrogen (secondary N) is 1. The monoisotopic (exact) mass is 276 g/mol. The smallest absolute Gasteiger partial charge is 0.231 e. The number of ether oxygens (including phenoxy) is 2. The maximum atomic E-state index is 8.80. The van der Waals surface area contributed by atoms with Crippen LogP contribution < -0.4 is 14.8 Å². The Morgan fingerprint density at radius 2 is 2.15 bits per heavy atom. The average molecular weight is 276 g/mol. The van der Waals surface area contributed by atoms with E-state index in [-0.39, 0.29) is 6.61 Å². The lowest BCUT2D eigenvalue weighted by molar-refractivity contribution is 0.174. The highest BCUT2D eigenvalue weighted by Crippen LogP contribution is 2.32. The molecule has 0 amide bonds. The molecule has 0 radical (unpaired) electrons. The number of nitrogens with zero attached hydrogens (tertiary/aromatic N) is 3. The molecule has 1 aromatic heterocycles. The molecule has 0 saturated heterocycles. The van der Waals surface area contributed by atoms with Gasteiger partial charge < -0.3 is 19.9 Å². The molecule has 2 aromatic rings. The predicted octanol–water partition coefficient (Wildman–Crippen LogP) is 0.289. The lowest BCUT2D eigenvalue weighted by Gasteiger charge is -2.04. The summed E-state index contributed by atoms with van der Waals surface area (Å²) in [5, 5.41) is 20.0. The van der Waals surface area contributed by atoms with Crippen molar-refractivity contribution in [2.75, 3.05) is 13.4 Å². The average Bonchev–Trinajstić information content (AvgIpc) is 3.08. The van der Waals surface area contributed by atoms with E-state index in [9.17, 15) is 0 Å². The van der Waals surface area contributed by atoms with Crippen LogP contribution in [-0.4, -0.2) is 33.5 Å². The number of benzene rings is 1. The Bertz CT molecular complexity index is 585. The van der Waals surface area contributed by atoms with Gasteiger partial charge in [0.05, 0.1) is 18.8 Å². The minimum absolute atomic E-state index is 0.0629. The Labute approximate surface area is 116 Å². The molecule has 0 saturated carbocycles. The molecule has 20 heavy (non-hydrogen) atoms. The first kappa shape index (κ1) is 12.9. The molecular formula is C13H16N4O3. The Balaban J connectivity index is 1.51. The molecule has 1 aromatic carbocycles. The largest absolute Gasteiger partial charge is 0.454 e. The van der Waals surface area contributed by atoms with Crippen LogP contribution in [0.5, 0.6) is 11.5 Å². The highest BCUT2D eigenvalue weighted by Gasteiger charge is 2.12. The Morgan fingerprint density at radius 3 is 3.05 bits per heavy atom. The minimum Gasteiger partial charge on any atom is -0.454 e. The standard InChI is InChI=1S/C13H16N4O3/c18-4-3-17-8-11(15-16-17)7-14-6-10-1-2-12-13(5-10)20-9-19-12/h1-2,5,8,14,18H,3-4,6-7,9H2. The summed E-state index contributed by atoms with van der Waals surface area (Å²) in [6, 6.07) is 5.89. The van der Waals surface area contributed by atoms with Gasteiger partial charge in [0.2, 0.25) is 6.79 Å². The van der Waals surface area contributed by atoms with Gasteiger partial charge in [-0.25, -0.2) is 4.68 Å². The first-order valence-corrected chi connectivity index (χ1v) is 6.44. The van der Waals surface area contributed by atoms with Crippen LogP contribution in [0.3, 0.4) is 0 Å². The van der Waals surface area contributed by atoms with Crippen molar-refractivity contribution in [2.45, 2.75) is 19.6 Å². The highest BCUT2D eigenvalue weighted by molar-refractivity contribution is 5.44. The number of aromatic nitrogens is 3. The second-order valence-electron chi connectivity index (χ2n) is 4.49. The van der Waals surface area contributed by atoms with Crippen molar-refractivity contribution in [3.05, 3.63) is 35.7 Å². The van der Waals surface area contributed by atoms with Crippen molar-refractivity contribution in [3.8, 4) is 11.5 Å². The van der Waals surface area contributed by atoms with Crippen molar-refractivity contribution in [1.82, 2.24) is 20.3 Å². The first-order valence-electron chi connectivity index (χ1n) is 6.44. The summed E-state index contributed by atoms with van der Waals surface area (Å²) in [5.74, 6) is 1.58. The van der Waals surface area contributed by atoms with E-state index in [1.165, 1.54) is 0 Å². The summed E-state index contributed by atoms with van der Waals surface area (Å²) in [7, 11) is 0. The first-order chi connectivity index (χ1) is 9.85. The summed E-state index contributed by atoms with van der Waals surface area (Å²) in [6.45, 7) is 2.16. The molecule has 7 heteroatoms. The molecule has 7 nitrogen and oxygen atoms in total. The summed E-state index contributed by atoms with van der Waals surface area (Å²) in [6.07, 6.45) is 1.82. The van der Waals surface area contributed by atoms with Gasteiger partial charge in [-0.1, -0.05) is 11.3 Å². The Hall–Kier alpha value is -2.12. The van der Waals surface area contributed by atoms with Crippen LogP contribution in [0.4, 0.5) is 0 Å². The summed E-state index contributed by atoms with van der Waals surface area (Å²) < 4.78 is 12.2. The number of fused-ring (bicyclic) bond motifs is 1. The van der Waals surface area contributed by atoms with E-state index in [1.807, 2.05) is 24.4 Å². The molecule has 2 N–H and O–H groups in total. The second-order valence-corrected chi connectivity index (χ2v) is 4.49. The molecule has 2 heterocycles. The number of rotatable bonds is 6. The Morgan fingerprint density at radius 1 is 1.25 bits per heavy atom. The molecular weight excluding hydrogens is 260 g/mol. The molecule has 0 spiro atoms. The van der Waals surface area contributed by atoms with Crippen LogP contribution in [0.15, 0.2) is 24.4 Å². The van der Waals surface area contributed by atoms with Gasteiger partial charge in [0.25, 0.3) is 0 Å². The van der Waals surface area contributed by atoms with E-state index in [4.69, 9.17) is 14.6 Å².